The number of alkyl halides is 1. The fraction of sp³-hybridized carbons (Fsp3) is 0.900. The summed E-state index contributed by atoms with van der Waals surface area (Å²) in [5.41, 5.74) is 1.09. The zero-order valence-corrected chi connectivity index (χ0v) is 16.6. The number of ether oxygens (including phenoxy) is 1. The molecule has 1 spiro atoms. The van der Waals surface area contributed by atoms with E-state index < -0.39 is 5.60 Å². The van der Waals surface area contributed by atoms with E-state index in [-0.39, 0.29) is 22.3 Å². The standard InChI is InChI=1S/C20H31BrO2/c1-12-6-7-15-17(2,3)20(12)10-13-18(4,11-16(20)23-15)14(21)8-9-19(13,5)22/h13-16,22H,1,6-11H2,2-5H3/t13-,14-,15?,16?,18-,19+,20?/m1/s1. The second kappa shape index (κ2) is 4.65. The van der Waals surface area contributed by atoms with Gasteiger partial charge in [-0.2, -0.15) is 0 Å². The normalized spacial score (nSPS) is 57.7. The van der Waals surface area contributed by atoms with Crippen LogP contribution in [0.5, 0.6) is 0 Å². The highest BCUT2D eigenvalue weighted by atomic mass is 79.9. The lowest BCUT2D eigenvalue weighted by atomic mass is 9.42. The van der Waals surface area contributed by atoms with Gasteiger partial charge in [-0.05, 0) is 56.8 Å². The van der Waals surface area contributed by atoms with Crippen molar-refractivity contribution < 1.29 is 9.84 Å². The van der Waals surface area contributed by atoms with Crippen LogP contribution in [0.3, 0.4) is 0 Å². The average molecular weight is 383 g/mol. The summed E-state index contributed by atoms with van der Waals surface area (Å²) in [6.45, 7) is 13.7. The summed E-state index contributed by atoms with van der Waals surface area (Å²) in [7, 11) is 0. The van der Waals surface area contributed by atoms with Crippen LogP contribution in [0.1, 0.15) is 66.2 Å². The maximum absolute atomic E-state index is 11.2. The van der Waals surface area contributed by atoms with Gasteiger partial charge in [-0.1, -0.05) is 48.9 Å². The Labute approximate surface area is 149 Å². The molecule has 4 rings (SSSR count). The molecule has 23 heavy (non-hydrogen) atoms. The molecule has 0 aromatic carbocycles. The van der Waals surface area contributed by atoms with Crippen molar-refractivity contribution in [1.29, 1.82) is 0 Å². The Morgan fingerprint density at radius 2 is 1.83 bits per heavy atom. The fourth-order valence-corrected chi connectivity index (χ4v) is 7.62. The van der Waals surface area contributed by atoms with E-state index in [2.05, 4.69) is 50.2 Å². The Bertz CT molecular complexity index is 554. The first-order valence-corrected chi connectivity index (χ1v) is 10.2. The minimum Gasteiger partial charge on any atom is -0.390 e. The highest BCUT2D eigenvalue weighted by molar-refractivity contribution is 9.09. The van der Waals surface area contributed by atoms with Gasteiger partial charge >= 0.3 is 0 Å². The van der Waals surface area contributed by atoms with Crippen LogP contribution in [0, 0.1) is 22.2 Å². The molecule has 1 N–H and O–H groups in total. The van der Waals surface area contributed by atoms with Crippen molar-refractivity contribution >= 4 is 15.9 Å². The monoisotopic (exact) mass is 382 g/mol. The minimum atomic E-state index is -0.579. The molecule has 1 saturated heterocycles. The van der Waals surface area contributed by atoms with Crippen LogP contribution < -0.4 is 0 Å². The summed E-state index contributed by atoms with van der Waals surface area (Å²) < 4.78 is 6.63. The van der Waals surface area contributed by atoms with Crippen molar-refractivity contribution in [3.8, 4) is 0 Å². The molecule has 1 heterocycles. The molecule has 0 radical (unpaired) electrons. The quantitative estimate of drug-likeness (QED) is 0.479. The summed E-state index contributed by atoms with van der Waals surface area (Å²) >= 11 is 3.96. The first-order chi connectivity index (χ1) is 10.6. The Morgan fingerprint density at radius 1 is 1.13 bits per heavy atom. The van der Waals surface area contributed by atoms with Gasteiger partial charge in [0.2, 0.25) is 0 Å². The molecule has 1 aliphatic heterocycles. The topological polar surface area (TPSA) is 29.5 Å². The van der Waals surface area contributed by atoms with E-state index in [0.29, 0.717) is 16.8 Å². The minimum absolute atomic E-state index is 0.0497. The number of fused-ring (bicyclic) bond motifs is 2. The van der Waals surface area contributed by atoms with Gasteiger partial charge < -0.3 is 9.84 Å². The van der Waals surface area contributed by atoms with Crippen molar-refractivity contribution in [3.05, 3.63) is 12.2 Å². The van der Waals surface area contributed by atoms with Crippen molar-refractivity contribution in [3.63, 3.8) is 0 Å². The first-order valence-electron chi connectivity index (χ1n) is 9.26. The smallest absolute Gasteiger partial charge is 0.0684 e. The molecule has 3 unspecified atom stereocenters. The van der Waals surface area contributed by atoms with Crippen LogP contribution in [-0.4, -0.2) is 27.7 Å². The van der Waals surface area contributed by atoms with E-state index in [9.17, 15) is 5.11 Å². The molecule has 2 nitrogen and oxygen atoms in total. The van der Waals surface area contributed by atoms with E-state index in [4.69, 9.17) is 4.74 Å². The maximum Gasteiger partial charge on any atom is 0.0684 e. The molecule has 3 saturated carbocycles. The molecule has 0 amide bonds. The molecule has 2 bridgehead atoms. The predicted octanol–water partition coefficient (Wildman–Crippen LogP) is 4.84. The Morgan fingerprint density at radius 3 is 2.52 bits per heavy atom. The van der Waals surface area contributed by atoms with Crippen LogP contribution in [0.2, 0.25) is 0 Å². The highest BCUT2D eigenvalue weighted by Gasteiger charge is 2.71. The second-order valence-electron chi connectivity index (χ2n) is 9.78. The van der Waals surface area contributed by atoms with Crippen LogP contribution in [0.4, 0.5) is 0 Å². The Balaban J connectivity index is 1.84. The van der Waals surface area contributed by atoms with Gasteiger partial charge in [0.25, 0.3) is 0 Å². The molecule has 130 valence electrons. The maximum atomic E-state index is 11.2. The van der Waals surface area contributed by atoms with Crippen molar-refractivity contribution in [2.45, 2.75) is 88.9 Å². The third kappa shape index (κ3) is 1.83. The van der Waals surface area contributed by atoms with Gasteiger partial charge in [-0.3, -0.25) is 0 Å². The number of hydrogen-bond acceptors (Lipinski definition) is 2. The largest absolute Gasteiger partial charge is 0.390 e. The van der Waals surface area contributed by atoms with E-state index >= 15 is 0 Å². The van der Waals surface area contributed by atoms with Gasteiger partial charge in [-0.15, -0.1) is 0 Å². The van der Waals surface area contributed by atoms with Crippen molar-refractivity contribution in [1.82, 2.24) is 0 Å². The summed E-state index contributed by atoms with van der Waals surface area (Å²) in [6, 6.07) is 0. The summed E-state index contributed by atoms with van der Waals surface area (Å²) in [6.07, 6.45) is 6.84. The van der Waals surface area contributed by atoms with E-state index in [1.807, 2.05) is 0 Å². The first kappa shape index (κ1) is 16.6. The highest BCUT2D eigenvalue weighted by Crippen LogP contribution is 2.72. The van der Waals surface area contributed by atoms with E-state index in [1.54, 1.807) is 0 Å². The molecule has 3 aliphatic carbocycles. The van der Waals surface area contributed by atoms with Crippen LogP contribution in [0.25, 0.3) is 0 Å². The SMILES string of the molecule is C=C1CCC2OC3C[C@@]4(C)[C@H](Br)CC[C@](C)(O)[C@@H]4CC13C2(C)C. The number of rotatable bonds is 0. The van der Waals surface area contributed by atoms with Crippen LogP contribution in [0.15, 0.2) is 12.2 Å². The van der Waals surface area contributed by atoms with Gasteiger partial charge in [-0.25, -0.2) is 0 Å². The lowest BCUT2D eigenvalue weighted by Gasteiger charge is -2.63. The number of halogens is 1. The molecule has 7 atom stereocenters. The Hall–Kier alpha value is 0.140. The summed E-state index contributed by atoms with van der Waals surface area (Å²) in [4.78, 5) is 0.470. The zero-order chi connectivity index (χ0) is 16.8. The van der Waals surface area contributed by atoms with Crippen LogP contribution >= 0.6 is 15.9 Å². The average Bonchev–Trinajstić information content (AvgIpc) is 2.57. The lowest BCUT2D eigenvalue weighted by Crippen LogP contribution is -2.63. The molecule has 0 aromatic heterocycles. The summed E-state index contributed by atoms with van der Waals surface area (Å²) in [5, 5.41) is 11.2. The van der Waals surface area contributed by atoms with E-state index in [1.165, 1.54) is 5.57 Å². The zero-order valence-electron chi connectivity index (χ0n) is 15.0. The Kier molecular flexibility index (Phi) is 3.35. The van der Waals surface area contributed by atoms with Crippen molar-refractivity contribution in [2.24, 2.45) is 22.2 Å². The molecule has 3 heteroatoms. The molecular weight excluding hydrogens is 352 g/mol. The summed E-state index contributed by atoms with van der Waals surface area (Å²) in [5.74, 6) is 0.306. The van der Waals surface area contributed by atoms with Crippen molar-refractivity contribution in [2.75, 3.05) is 0 Å². The van der Waals surface area contributed by atoms with Gasteiger partial charge in [0.05, 0.1) is 17.8 Å². The van der Waals surface area contributed by atoms with Gasteiger partial charge in [0, 0.05) is 15.7 Å². The molecular formula is C20H31BrO2. The lowest BCUT2D eigenvalue weighted by molar-refractivity contribution is -0.160. The predicted molar refractivity (Wildman–Crippen MR) is 96.7 cm³/mol. The van der Waals surface area contributed by atoms with Crippen LogP contribution in [-0.2, 0) is 4.74 Å². The molecule has 4 aliphatic rings. The molecule has 4 fully saturated rings. The third-order valence-corrected chi connectivity index (χ3v) is 9.99. The van der Waals surface area contributed by atoms with E-state index in [0.717, 1.165) is 38.5 Å². The van der Waals surface area contributed by atoms with Gasteiger partial charge in [0.1, 0.15) is 0 Å². The third-order valence-electron chi connectivity index (χ3n) is 8.49. The second-order valence-corrected chi connectivity index (χ2v) is 10.9. The number of hydrogen-bond donors (Lipinski definition) is 1. The van der Waals surface area contributed by atoms with Gasteiger partial charge in [0.15, 0.2) is 0 Å². The fourth-order valence-electron chi connectivity index (χ4n) is 6.88. The molecule has 0 aromatic rings. The number of aliphatic hydroxyl groups is 1.